The Labute approximate surface area is 102 Å². The molecule has 0 fully saturated rings. The van der Waals surface area contributed by atoms with Crippen LogP contribution in [0.25, 0.3) is 0 Å². The molecule has 0 amide bonds. The van der Waals surface area contributed by atoms with Crippen LogP contribution in [0, 0.1) is 13.8 Å². The number of aromatic nitrogens is 1. The molecule has 0 aliphatic heterocycles. The maximum Gasteiger partial charge on any atom is 0.337 e. The summed E-state index contributed by atoms with van der Waals surface area (Å²) in [7, 11) is 0. The zero-order chi connectivity index (χ0) is 12.8. The number of nitrogens with zero attached hydrogens (tertiary/aromatic N) is 1. The van der Waals surface area contributed by atoms with Crippen molar-refractivity contribution in [1.29, 1.82) is 0 Å². The first kappa shape index (κ1) is 13.8. The summed E-state index contributed by atoms with van der Waals surface area (Å²) in [6.07, 6.45) is 1.94. The third-order valence-electron chi connectivity index (χ3n) is 2.82. The van der Waals surface area contributed by atoms with Crippen molar-refractivity contribution >= 4 is 5.97 Å². The van der Waals surface area contributed by atoms with Gasteiger partial charge < -0.3 is 14.4 Å². The van der Waals surface area contributed by atoms with Gasteiger partial charge >= 0.3 is 5.97 Å². The zero-order valence-electron chi connectivity index (χ0n) is 10.8. The van der Waals surface area contributed by atoms with E-state index >= 15 is 0 Å². The molecule has 0 saturated heterocycles. The van der Waals surface area contributed by atoms with Crippen molar-refractivity contribution in [3.8, 4) is 0 Å². The van der Waals surface area contributed by atoms with Crippen LogP contribution in [0.1, 0.15) is 41.5 Å². The van der Waals surface area contributed by atoms with Crippen LogP contribution in [0.2, 0.25) is 0 Å². The first-order valence-electron chi connectivity index (χ1n) is 6.05. The minimum absolute atomic E-state index is 0.400. The maximum atomic E-state index is 11.0. The lowest BCUT2D eigenvalue weighted by Gasteiger charge is -2.09. The van der Waals surface area contributed by atoms with Gasteiger partial charge in [0, 0.05) is 31.1 Å². The van der Waals surface area contributed by atoms with Gasteiger partial charge in [0.05, 0.1) is 5.56 Å². The standard InChI is InChI=1S/C13H21NO3/c1-4-7-17-8-5-6-14-10(2)9-12(11(14)3)13(15)16/h9H,4-8H2,1-3H3,(H,15,16). The van der Waals surface area contributed by atoms with E-state index in [4.69, 9.17) is 9.84 Å². The van der Waals surface area contributed by atoms with Crippen molar-refractivity contribution in [2.75, 3.05) is 13.2 Å². The highest BCUT2D eigenvalue weighted by atomic mass is 16.5. The van der Waals surface area contributed by atoms with E-state index < -0.39 is 5.97 Å². The summed E-state index contributed by atoms with van der Waals surface area (Å²) >= 11 is 0. The normalized spacial score (nSPS) is 10.8. The number of ether oxygens (including phenoxy) is 1. The number of hydrogen-bond acceptors (Lipinski definition) is 2. The van der Waals surface area contributed by atoms with Crippen LogP contribution < -0.4 is 0 Å². The second-order valence-corrected chi connectivity index (χ2v) is 4.21. The van der Waals surface area contributed by atoms with Gasteiger partial charge in [0.15, 0.2) is 0 Å². The number of aryl methyl sites for hydroxylation is 1. The summed E-state index contributed by atoms with van der Waals surface area (Å²) in [6, 6.07) is 1.73. The molecular weight excluding hydrogens is 218 g/mol. The first-order valence-corrected chi connectivity index (χ1v) is 6.05. The number of carboxylic acids is 1. The molecule has 0 radical (unpaired) electrons. The molecule has 0 atom stereocenters. The van der Waals surface area contributed by atoms with Gasteiger partial charge in [-0.3, -0.25) is 0 Å². The van der Waals surface area contributed by atoms with Crippen molar-refractivity contribution < 1.29 is 14.6 Å². The van der Waals surface area contributed by atoms with Crippen molar-refractivity contribution in [2.45, 2.75) is 40.2 Å². The second kappa shape index (κ2) is 6.45. The van der Waals surface area contributed by atoms with Gasteiger partial charge in [-0.15, -0.1) is 0 Å². The fourth-order valence-corrected chi connectivity index (χ4v) is 1.93. The summed E-state index contributed by atoms with van der Waals surface area (Å²) in [5, 5.41) is 9.01. The van der Waals surface area contributed by atoms with Crippen LogP contribution in [0.15, 0.2) is 6.07 Å². The molecule has 0 aromatic carbocycles. The first-order chi connectivity index (χ1) is 8.07. The third-order valence-corrected chi connectivity index (χ3v) is 2.82. The monoisotopic (exact) mass is 239 g/mol. The number of carbonyl (C=O) groups is 1. The largest absolute Gasteiger partial charge is 0.478 e. The molecule has 0 spiro atoms. The molecule has 0 saturated carbocycles. The molecule has 17 heavy (non-hydrogen) atoms. The Hall–Kier alpha value is -1.29. The van der Waals surface area contributed by atoms with Crippen molar-refractivity contribution in [3.05, 3.63) is 23.0 Å². The molecule has 0 unspecified atom stereocenters. The van der Waals surface area contributed by atoms with Crippen LogP contribution in [0.4, 0.5) is 0 Å². The SMILES string of the molecule is CCCOCCCn1c(C)cc(C(=O)O)c1C. The summed E-state index contributed by atoms with van der Waals surface area (Å²) < 4.78 is 7.45. The van der Waals surface area contributed by atoms with E-state index in [2.05, 4.69) is 6.92 Å². The van der Waals surface area contributed by atoms with E-state index in [0.717, 1.165) is 44.0 Å². The van der Waals surface area contributed by atoms with Crippen LogP contribution >= 0.6 is 0 Å². The third kappa shape index (κ3) is 3.60. The highest BCUT2D eigenvalue weighted by molar-refractivity contribution is 5.89. The van der Waals surface area contributed by atoms with E-state index in [1.807, 2.05) is 18.4 Å². The molecule has 1 rings (SSSR count). The van der Waals surface area contributed by atoms with Gasteiger partial charge in [0.25, 0.3) is 0 Å². The highest BCUT2D eigenvalue weighted by Crippen LogP contribution is 2.15. The van der Waals surface area contributed by atoms with Gasteiger partial charge in [-0.25, -0.2) is 4.79 Å². The predicted octanol–water partition coefficient (Wildman–Crippen LogP) is 2.62. The average molecular weight is 239 g/mol. The lowest BCUT2D eigenvalue weighted by atomic mass is 10.2. The highest BCUT2D eigenvalue weighted by Gasteiger charge is 2.13. The van der Waals surface area contributed by atoms with Gasteiger partial charge in [0.1, 0.15) is 0 Å². The van der Waals surface area contributed by atoms with Gasteiger partial charge in [-0.2, -0.15) is 0 Å². The van der Waals surface area contributed by atoms with Gasteiger partial charge in [-0.05, 0) is 32.8 Å². The Morgan fingerprint density at radius 2 is 2.12 bits per heavy atom. The number of rotatable bonds is 7. The molecule has 1 heterocycles. The molecule has 4 nitrogen and oxygen atoms in total. The lowest BCUT2D eigenvalue weighted by molar-refractivity contribution is 0.0696. The number of hydrogen-bond donors (Lipinski definition) is 1. The topological polar surface area (TPSA) is 51.5 Å². The molecule has 4 heteroatoms. The van der Waals surface area contributed by atoms with E-state index in [9.17, 15) is 4.79 Å². The minimum Gasteiger partial charge on any atom is -0.478 e. The molecular formula is C13H21NO3. The summed E-state index contributed by atoms with van der Waals surface area (Å²) in [4.78, 5) is 11.0. The van der Waals surface area contributed by atoms with Crippen molar-refractivity contribution in [1.82, 2.24) is 4.57 Å². The predicted molar refractivity (Wildman–Crippen MR) is 66.6 cm³/mol. The van der Waals surface area contributed by atoms with Crippen LogP contribution in [-0.2, 0) is 11.3 Å². The molecule has 0 bridgehead atoms. The molecule has 0 aliphatic carbocycles. The van der Waals surface area contributed by atoms with Crippen LogP contribution in [0.5, 0.6) is 0 Å². The van der Waals surface area contributed by atoms with Gasteiger partial charge in [0.2, 0.25) is 0 Å². The van der Waals surface area contributed by atoms with E-state index in [1.165, 1.54) is 0 Å². The Balaban J connectivity index is 2.56. The minimum atomic E-state index is -0.855. The Morgan fingerprint density at radius 1 is 1.41 bits per heavy atom. The fraction of sp³-hybridized carbons (Fsp3) is 0.615. The number of aromatic carboxylic acids is 1. The molecule has 1 N–H and O–H groups in total. The van der Waals surface area contributed by atoms with Crippen molar-refractivity contribution in [3.63, 3.8) is 0 Å². The molecule has 1 aromatic rings. The quantitative estimate of drug-likeness (QED) is 0.744. The second-order valence-electron chi connectivity index (χ2n) is 4.21. The van der Waals surface area contributed by atoms with E-state index in [0.29, 0.717) is 5.56 Å². The molecule has 0 aliphatic rings. The van der Waals surface area contributed by atoms with E-state index in [-0.39, 0.29) is 0 Å². The summed E-state index contributed by atoms with van der Waals surface area (Å²) in [5.74, 6) is -0.855. The number of carboxylic acid groups (broad SMARTS) is 1. The van der Waals surface area contributed by atoms with Crippen LogP contribution in [0.3, 0.4) is 0 Å². The van der Waals surface area contributed by atoms with Gasteiger partial charge in [-0.1, -0.05) is 6.92 Å². The van der Waals surface area contributed by atoms with Crippen LogP contribution in [-0.4, -0.2) is 28.9 Å². The Bertz CT molecular complexity index is 382. The zero-order valence-corrected chi connectivity index (χ0v) is 10.8. The lowest BCUT2D eigenvalue weighted by Crippen LogP contribution is -2.07. The average Bonchev–Trinajstić information content (AvgIpc) is 2.56. The fourth-order valence-electron chi connectivity index (χ4n) is 1.93. The maximum absolute atomic E-state index is 11.0. The van der Waals surface area contributed by atoms with E-state index in [1.54, 1.807) is 6.07 Å². The summed E-state index contributed by atoms with van der Waals surface area (Å²) in [6.45, 7) is 8.21. The Kier molecular flexibility index (Phi) is 5.22. The Morgan fingerprint density at radius 3 is 2.65 bits per heavy atom. The molecule has 96 valence electrons. The summed E-state index contributed by atoms with van der Waals surface area (Å²) in [5.41, 5.74) is 2.22. The molecule has 1 aromatic heterocycles. The smallest absolute Gasteiger partial charge is 0.337 e. The van der Waals surface area contributed by atoms with Crippen molar-refractivity contribution in [2.24, 2.45) is 0 Å².